The molecule has 1 heterocycles. The summed E-state index contributed by atoms with van der Waals surface area (Å²) >= 11 is 11.4. The maximum atomic E-state index is 5.85. The molecule has 4 nitrogen and oxygen atoms in total. The molecular formula is C10H8Cl2N2O2. The second kappa shape index (κ2) is 4.72. The standard InChI is InChI=1S/C10H8Cl2N2O2/c1-15-8-4-6(12)2-3-7(8)10-13-9(5-11)14-16-10/h2-4H,5H2,1H3. The highest BCUT2D eigenvalue weighted by atomic mass is 35.5. The molecule has 0 saturated heterocycles. The topological polar surface area (TPSA) is 48.2 Å². The van der Waals surface area contributed by atoms with Crippen LogP contribution in [0.2, 0.25) is 5.02 Å². The maximum absolute atomic E-state index is 5.85. The molecule has 1 aromatic carbocycles. The average Bonchev–Trinajstić information content (AvgIpc) is 2.77. The Morgan fingerprint density at radius 3 is 2.88 bits per heavy atom. The van der Waals surface area contributed by atoms with Crippen LogP contribution in [0.4, 0.5) is 0 Å². The fraction of sp³-hybridized carbons (Fsp3) is 0.200. The van der Waals surface area contributed by atoms with Gasteiger partial charge in [-0.1, -0.05) is 16.8 Å². The number of rotatable bonds is 3. The predicted octanol–water partition coefficient (Wildman–Crippen LogP) is 3.14. The van der Waals surface area contributed by atoms with E-state index >= 15 is 0 Å². The molecule has 6 heteroatoms. The molecule has 0 atom stereocenters. The zero-order valence-electron chi connectivity index (χ0n) is 8.41. The Labute approximate surface area is 102 Å². The van der Waals surface area contributed by atoms with Gasteiger partial charge in [0.05, 0.1) is 18.6 Å². The highest BCUT2D eigenvalue weighted by Crippen LogP contribution is 2.31. The minimum Gasteiger partial charge on any atom is -0.496 e. The molecule has 1 aromatic heterocycles. The number of nitrogens with zero attached hydrogens (tertiary/aromatic N) is 2. The Morgan fingerprint density at radius 1 is 1.44 bits per heavy atom. The summed E-state index contributed by atoms with van der Waals surface area (Å²) in [5.74, 6) is 1.59. The molecule has 0 spiro atoms. The SMILES string of the molecule is COc1cc(Cl)ccc1-c1nc(CCl)no1. The first kappa shape index (κ1) is 11.2. The molecule has 0 aliphatic carbocycles. The van der Waals surface area contributed by atoms with Gasteiger partial charge < -0.3 is 9.26 Å². The molecule has 0 unspecified atom stereocenters. The lowest BCUT2D eigenvalue weighted by atomic mass is 10.2. The van der Waals surface area contributed by atoms with E-state index in [4.69, 9.17) is 32.5 Å². The number of ether oxygens (including phenoxy) is 1. The Kier molecular flexibility index (Phi) is 3.31. The van der Waals surface area contributed by atoms with E-state index in [0.29, 0.717) is 28.1 Å². The number of hydrogen-bond acceptors (Lipinski definition) is 4. The second-order valence-corrected chi connectivity index (χ2v) is 3.70. The van der Waals surface area contributed by atoms with Crippen LogP contribution in [0.5, 0.6) is 5.75 Å². The molecule has 0 aliphatic rings. The number of hydrogen-bond donors (Lipinski definition) is 0. The van der Waals surface area contributed by atoms with E-state index in [-0.39, 0.29) is 5.88 Å². The van der Waals surface area contributed by atoms with Crippen molar-refractivity contribution in [3.05, 3.63) is 29.0 Å². The number of benzene rings is 1. The molecule has 0 N–H and O–H groups in total. The lowest BCUT2D eigenvalue weighted by molar-refractivity contribution is 0.403. The van der Waals surface area contributed by atoms with Crippen LogP contribution < -0.4 is 4.74 Å². The van der Waals surface area contributed by atoms with Crippen LogP contribution in [0.3, 0.4) is 0 Å². The minimum absolute atomic E-state index is 0.208. The Balaban J connectivity index is 2.46. The van der Waals surface area contributed by atoms with Gasteiger partial charge in [-0.2, -0.15) is 4.98 Å². The number of halogens is 2. The lowest BCUT2D eigenvalue weighted by Gasteiger charge is -2.04. The average molecular weight is 259 g/mol. The smallest absolute Gasteiger partial charge is 0.261 e. The summed E-state index contributed by atoms with van der Waals surface area (Å²) in [4.78, 5) is 4.10. The second-order valence-electron chi connectivity index (χ2n) is 2.99. The van der Waals surface area contributed by atoms with E-state index in [2.05, 4.69) is 10.1 Å². The summed E-state index contributed by atoms with van der Waals surface area (Å²) in [5, 5.41) is 4.28. The fourth-order valence-corrected chi connectivity index (χ4v) is 1.53. The van der Waals surface area contributed by atoms with Crippen LogP contribution in [0.25, 0.3) is 11.5 Å². The maximum Gasteiger partial charge on any atom is 0.261 e. The Hall–Kier alpha value is -1.26. The lowest BCUT2D eigenvalue weighted by Crippen LogP contribution is -1.88. The molecule has 0 bridgehead atoms. The predicted molar refractivity (Wildman–Crippen MR) is 60.9 cm³/mol. The molecule has 0 aliphatic heterocycles. The van der Waals surface area contributed by atoms with E-state index in [1.165, 1.54) is 0 Å². The van der Waals surface area contributed by atoms with Crippen molar-refractivity contribution in [2.45, 2.75) is 5.88 Å². The number of aromatic nitrogens is 2. The monoisotopic (exact) mass is 258 g/mol. The minimum atomic E-state index is 0.208. The number of alkyl halides is 1. The molecule has 2 rings (SSSR count). The molecule has 2 aromatic rings. The zero-order valence-corrected chi connectivity index (χ0v) is 9.92. The summed E-state index contributed by atoms with van der Waals surface area (Å²) in [7, 11) is 1.55. The third kappa shape index (κ3) is 2.13. The van der Waals surface area contributed by atoms with Crippen LogP contribution in [-0.4, -0.2) is 17.3 Å². The molecule has 16 heavy (non-hydrogen) atoms. The summed E-state index contributed by atoms with van der Waals surface area (Å²) < 4.78 is 10.2. The first-order chi connectivity index (χ1) is 7.74. The molecule has 84 valence electrons. The van der Waals surface area contributed by atoms with Crippen molar-refractivity contribution >= 4 is 23.2 Å². The van der Waals surface area contributed by atoms with Crippen LogP contribution in [-0.2, 0) is 5.88 Å². The van der Waals surface area contributed by atoms with Crippen LogP contribution >= 0.6 is 23.2 Å². The van der Waals surface area contributed by atoms with Crippen molar-refractivity contribution in [2.75, 3.05) is 7.11 Å². The fourth-order valence-electron chi connectivity index (χ4n) is 1.26. The molecule has 0 saturated carbocycles. The van der Waals surface area contributed by atoms with Gasteiger partial charge in [-0.05, 0) is 18.2 Å². The Bertz CT molecular complexity index is 499. The largest absolute Gasteiger partial charge is 0.496 e. The first-order valence-electron chi connectivity index (χ1n) is 4.47. The third-order valence-corrected chi connectivity index (χ3v) is 2.46. The summed E-state index contributed by atoms with van der Waals surface area (Å²) in [5.41, 5.74) is 0.691. The van der Waals surface area contributed by atoms with Gasteiger partial charge in [0.2, 0.25) is 0 Å². The first-order valence-corrected chi connectivity index (χ1v) is 5.38. The van der Waals surface area contributed by atoms with Crippen molar-refractivity contribution < 1.29 is 9.26 Å². The van der Waals surface area contributed by atoms with Crippen molar-refractivity contribution in [3.8, 4) is 17.2 Å². The van der Waals surface area contributed by atoms with Crippen LogP contribution in [0, 0.1) is 0 Å². The van der Waals surface area contributed by atoms with Gasteiger partial charge in [-0.15, -0.1) is 11.6 Å². The van der Waals surface area contributed by atoms with Gasteiger partial charge in [-0.25, -0.2) is 0 Å². The van der Waals surface area contributed by atoms with Crippen LogP contribution in [0.1, 0.15) is 5.82 Å². The summed E-state index contributed by atoms with van der Waals surface area (Å²) in [6.07, 6.45) is 0. The number of methoxy groups -OCH3 is 1. The molecule has 0 radical (unpaired) electrons. The van der Waals surface area contributed by atoms with Gasteiger partial charge in [0.15, 0.2) is 5.82 Å². The normalized spacial score (nSPS) is 10.4. The van der Waals surface area contributed by atoms with Crippen molar-refractivity contribution in [1.82, 2.24) is 10.1 Å². The van der Waals surface area contributed by atoms with E-state index in [1.807, 2.05) is 0 Å². The summed E-state index contributed by atoms with van der Waals surface area (Å²) in [6, 6.07) is 5.16. The van der Waals surface area contributed by atoms with Crippen molar-refractivity contribution in [3.63, 3.8) is 0 Å². The van der Waals surface area contributed by atoms with Gasteiger partial charge in [0, 0.05) is 5.02 Å². The quantitative estimate of drug-likeness (QED) is 0.794. The zero-order chi connectivity index (χ0) is 11.5. The summed E-state index contributed by atoms with van der Waals surface area (Å²) in [6.45, 7) is 0. The van der Waals surface area contributed by atoms with E-state index in [9.17, 15) is 0 Å². The molecule has 0 fully saturated rings. The molecular weight excluding hydrogens is 251 g/mol. The third-order valence-electron chi connectivity index (χ3n) is 1.98. The van der Waals surface area contributed by atoms with Crippen LogP contribution in [0.15, 0.2) is 22.7 Å². The highest BCUT2D eigenvalue weighted by Gasteiger charge is 2.13. The van der Waals surface area contributed by atoms with E-state index in [1.54, 1.807) is 25.3 Å². The van der Waals surface area contributed by atoms with Crippen molar-refractivity contribution in [2.24, 2.45) is 0 Å². The Morgan fingerprint density at radius 2 is 2.25 bits per heavy atom. The van der Waals surface area contributed by atoms with E-state index in [0.717, 1.165) is 0 Å². The van der Waals surface area contributed by atoms with E-state index < -0.39 is 0 Å². The van der Waals surface area contributed by atoms with Gasteiger partial charge >= 0.3 is 0 Å². The van der Waals surface area contributed by atoms with Gasteiger partial charge in [0.1, 0.15) is 5.75 Å². The van der Waals surface area contributed by atoms with Gasteiger partial charge in [0.25, 0.3) is 5.89 Å². The highest BCUT2D eigenvalue weighted by molar-refractivity contribution is 6.30. The van der Waals surface area contributed by atoms with Crippen molar-refractivity contribution in [1.29, 1.82) is 0 Å². The van der Waals surface area contributed by atoms with Gasteiger partial charge in [-0.3, -0.25) is 0 Å². The molecule has 0 amide bonds.